The lowest BCUT2D eigenvalue weighted by molar-refractivity contribution is 0.577. The largest absolute Gasteiger partial charge is 0.464 e. The summed E-state index contributed by atoms with van der Waals surface area (Å²) in [5.41, 5.74) is 3.25. The van der Waals surface area contributed by atoms with Crippen molar-refractivity contribution >= 4 is 11.0 Å². The van der Waals surface area contributed by atoms with Crippen molar-refractivity contribution in [1.82, 2.24) is 20.5 Å². The summed E-state index contributed by atoms with van der Waals surface area (Å²) >= 11 is 0. The highest BCUT2D eigenvalue weighted by Crippen LogP contribution is 2.21. The van der Waals surface area contributed by atoms with Crippen LogP contribution in [0.1, 0.15) is 23.0 Å². The quantitative estimate of drug-likeness (QED) is 0.593. The van der Waals surface area contributed by atoms with Gasteiger partial charge in [-0.2, -0.15) is 5.10 Å². The highest BCUT2D eigenvalue weighted by molar-refractivity contribution is 5.77. The van der Waals surface area contributed by atoms with Crippen LogP contribution in [0.25, 0.3) is 11.0 Å². The number of furan rings is 1. The number of aromatic amines is 1. The topological polar surface area (TPSA) is 66.7 Å². The van der Waals surface area contributed by atoms with Gasteiger partial charge in [0.05, 0.1) is 12.3 Å². The third-order valence-electron chi connectivity index (χ3n) is 3.87. The Labute approximate surface area is 133 Å². The zero-order chi connectivity index (χ0) is 15.5. The van der Waals surface area contributed by atoms with Gasteiger partial charge in [0.15, 0.2) is 0 Å². The zero-order valence-corrected chi connectivity index (χ0v) is 12.4. The monoisotopic (exact) mass is 304 g/mol. The number of hydrogen-bond acceptors (Lipinski definition) is 4. The first-order chi connectivity index (χ1) is 11.4. The predicted molar refractivity (Wildman–Crippen MR) is 87.7 cm³/mol. The van der Waals surface area contributed by atoms with Gasteiger partial charge in [-0.15, -0.1) is 0 Å². The molecule has 0 aliphatic carbocycles. The first-order valence-corrected chi connectivity index (χ1v) is 7.50. The molecule has 2 aromatic heterocycles. The fourth-order valence-corrected chi connectivity index (χ4v) is 2.72. The maximum Gasteiger partial charge on any atom is 0.145 e. The molecule has 2 heterocycles. The van der Waals surface area contributed by atoms with Gasteiger partial charge >= 0.3 is 0 Å². The van der Waals surface area contributed by atoms with E-state index in [0.717, 1.165) is 28.9 Å². The van der Waals surface area contributed by atoms with E-state index < -0.39 is 0 Å². The molecular formula is C18H16N4O. The van der Waals surface area contributed by atoms with E-state index >= 15 is 0 Å². The molecule has 23 heavy (non-hydrogen) atoms. The summed E-state index contributed by atoms with van der Waals surface area (Å²) in [6, 6.07) is 18.4. The van der Waals surface area contributed by atoms with Gasteiger partial charge in [-0.25, -0.2) is 4.98 Å². The molecule has 0 spiro atoms. The first kappa shape index (κ1) is 13.7. The second kappa shape index (κ2) is 6.06. The lowest BCUT2D eigenvalue weighted by atomic mass is 10.1. The standard InChI is InChI=1S/C18H16N4O/c1-2-4-14(5-3-1)17(18-20-12-21-22-18)19-11-13-6-7-16-15(10-13)8-9-23-16/h1-10,12,17,19H,11H2,(H,20,21,22). The van der Waals surface area contributed by atoms with Crippen LogP contribution < -0.4 is 5.32 Å². The molecule has 2 N–H and O–H groups in total. The number of fused-ring (bicyclic) bond motifs is 1. The van der Waals surface area contributed by atoms with Gasteiger partial charge in [-0.1, -0.05) is 36.4 Å². The Hall–Kier alpha value is -2.92. The summed E-state index contributed by atoms with van der Waals surface area (Å²) in [4.78, 5) is 4.30. The maximum atomic E-state index is 5.38. The van der Waals surface area contributed by atoms with E-state index in [9.17, 15) is 0 Å². The Morgan fingerprint density at radius 1 is 1.09 bits per heavy atom. The fourth-order valence-electron chi connectivity index (χ4n) is 2.72. The van der Waals surface area contributed by atoms with E-state index in [1.807, 2.05) is 30.3 Å². The van der Waals surface area contributed by atoms with E-state index in [4.69, 9.17) is 4.42 Å². The SMILES string of the molecule is c1ccc(C(NCc2ccc3occc3c2)c2ncn[nH]2)cc1. The molecule has 4 aromatic rings. The highest BCUT2D eigenvalue weighted by atomic mass is 16.3. The average molecular weight is 304 g/mol. The van der Waals surface area contributed by atoms with Crippen LogP contribution in [0.2, 0.25) is 0 Å². The lowest BCUT2D eigenvalue weighted by Gasteiger charge is -2.17. The maximum absolute atomic E-state index is 5.38. The molecule has 1 unspecified atom stereocenters. The number of nitrogens with zero attached hydrogens (tertiary/aromatic N) is 2. The average Bonchev–Trinajstić information content (AvgIpc) is 3.27. The molecule has 1 atom stereocenters. The molecule has 0 saturated heterocycles. The van der Waals surface area contributed by atoms with Gasteiger partial charge in [0.1, 0.15) is 17.7 Å². The van der Waals surface area contributed by atoms with Crippen molar-refractivity contribution in [1.29, 1.82) is 0 Å². The Kier molecular flexibility index (Phi) is 3.62. The molecule has 0 saturated carbocycles. The van der Waals surface area contributed by atoms with Crippen LogP contribution in [-0.4, -0.2) is 15.2 Å². The van der Waals surface area contributed by atoms with Crippen LogP contribution in [0.3, 0.4) is 0 Å². The summed E-state index contributed by atoms with van der Waals surface area (Å²) in [6.45, 7) is 0.724. The Morgan fingerprint density at radius 3 is 2.83 bits per heavy atom. The Balaban J connectivity index is 1.58. The summed E-state index contributed by atoms with van der Waals surface area (Å²) in [6.07, 6.45) is 3.24. The van der Waals surface area contributed by atoms with Gasteiger partial charge in [0.2, 0.25) is 0 Å². The Bertz CT molecular complexity index is 884. The van der Waals surface area contributed by atoms with Crippen LogP contribution in [0.5, 0.6) is 0 Å². The Morgan fingerprint density at radius 2 is 2.00 bits per heavy atom. The van der Waals surface area contributed by atoms with Gasteiger partial charge in [-0.05, 0) is 29.3 Å². The number of benzene rings is 2. The molecule has 0 aliphatic heterocycles. The number of nitrogens with one attached hydrogen (secondary N) is 2. The van der Waals surface area contributed by atoms with Crippen LogP contribution in [0, 0.1) is 0 Å². The molecular weight excluding hydrogens is 288 g/mol. The van der Waals surface area contributed by atoms with Crippen molar-refractivity contribution < 1.29 is 4.42 Å². The highest BCUT2D eigenvalue weighted by Gasteiger charge is 2.16. The van der Waals surface area contributed by atoms with Crippen molar-refractivity contribution in [3.8, 4) is 0 Å². The number of hydrogen-bond donors (Lipinski definition) is 2. The summed E-state index contributed by atoms with van der Waals surface area (Å²) in [5, 5.41) is 11.6. The normalized spacial score (nSPS) is 12.5. The summed E-state index contributed by atoms with van der Waals surface area (Å²) in [5.74, 6) is 0.806. The number of aromatic nitrogens is 3. The summed E-state index contributed by atoms with van der Waals surface area (Å²) in [7, 11) is 0. The fraction of sp³-hybridized carbons (Fsp3) is 0.111. The van der Waals surface area contributed by atoms with Crippen molar-refractivity contribution in [2.75, 3.05) is 0 Å². The van der Waals surface area contributed by atoms with Gasteiger partial charge in [0, 0.05) is 11.9 Å². The van der Waals surface area contributed by atoms with Crippen molar-refractivity contribution in [2.45, 2.75) is 12.6 Å². The first-order valence-electron chi connectivity index (χ1n) is 7.50. The minimum absolute atomic E-state index is 0.0289. The van der Waals surface area contributed by atoms with Crippen LogP contribution in [-0.2, 0) is 6.54 Å². The van der Waals surface area contributed by atoms with Gasteiger partial charge < -0.3 is 4.42 Å². The molecule has 2 aromatic carbocycles. The molecule has 4 rings (SSSR count). The van der Waals surface area contributed by atoms with Gasteiger partial charge in [0.25, 0.3) is 0 Å². The molecule has 0 radical (unpaired) electrons. The molecule has 0 bridgehead atoms. The number of rotatable bonds is 5. The minimum atomic E-state index is -0.0289. The van der Waals surface area contributed by atoms with Crippen LogP contribution in [0.15, 0.2) is 71.6 Å². The third kappa shape index (κ3) is 2.86. The van der Waals surface area contributed by atoms with E-state index in [-0.39, 0.29) is 6.04 Å². The molecule has 5 heteroatoms. The van der Waals surface area contributed by atoms with Gasteiger partial charge in [-0.3, -0.25) is 10.4 Å². The number of H-pyrrole nitrogens is 1. The molecule has 114 valence electrons. The van der Waals surface area contributed by atoms with E-state index in [2.05, 4.69) is 44.8 Å². The molecule has 5 nitrogen and oxygen atoms in total. The third-order valence-corrected chi connectivity index (χ3v) is 3.87. The second-order valence-electron chi connectivity index (χ2n) is 5.39. The molecule has 0 fully saturated rings. The smallest absolute Gasteiger partial charge is 0.145 e. The van der Waals surface area contributed by atoms with E-state index in [1.165, 1.54) is 11.9 Å². The van der Waals surface area contributed by atoms with Crippen molar-refractivity contribution in [2.24, 2.45) is 0 Å². The van der Waals surface area contributed by atoms with Crippen molar-refractivity contribution in [3.05, 3.63) is 84.1 Å². The predicted octanol–water partition coefficient (Wildman–Crippen LogP) is 3.43. The molecule has 0 amide bonds. The van der Waals surface area contributed by atoms with Crippen LogP contribution in [0.4, 0.5) is 0 Å². The minimum Gasteiger partial charge on any atom is -0.464 e. The van der Waals surface area contributed by atoms with E-state index in [1.54, 1.807) is 6.26 Å². The molecule has 0 aliphatic rings. The lowest BCUT2D eigenvalue weighted by Crippen LogP contribution is -2.23. The second-order valence-corrected chi connectivity index (χ2v) is 5.39. The van der Waals surface area contributed by atoms with Crippen molar-refractivity contribution in [3.63, 3.8) is 0 Å². The van der Waals surface area contributed by atoms with E-state index in [0.29, 0.717) is 0 Å². The summed E-state index contributed by atoms with van der Waals surface area (Å²) < 4.78 is 5.38. The zero-order valence-electron chi connectivity index (χ0n) is 12.4. The van der Waals surface area contributed by atoms with Crippen LogP contribution >= 0.6 is 0 Å².